The normalized spacial score (nSPS) is 25.9. The van der Waals surface area contributed by atoms with Crippen LogP contribution in [0.4, 0.5) is 4.79 Å². The summed E-state index contributed by atoms with van der Waals surface area (Å²) in [5.41, 5.74) is 0. The van der Waals surface area contributed by atoms with Gasteiger partial charge in [0.1, 0.15) is 0 Å². The van der Waals surface area contributed by atoms with Gasteiger partial charge >= 0.3 is 6.09 Å². The van der Waals surface area contributed by atoms with E-state index in [1.807, 2.05) is 11.8 Å². The van der Waals surface area contributed by atoms with E-state index in [1.165, 1.54) is 6.42 Å². The lowest BCUT2D eigenvalue weighted by Crippen LogP contribution is -2.48. The third-order valence-electron chi connectivity index (χ3n) is 3.94. The average molecular weight is 270 g/mol. The van der Waals surface area contributed by atoms with Crippen molar-refractivity contribution in [2.24, 2.45) is 0 Å². The third kappa shape index (κ3) is 4.66. The van der Waals surface area contributed by atoms with Crippen LogP contribution in [0.25, 0.3) is 0 Å². The zero-order chi connectivity index (χ0) is 13.5. The van der Waals surface area contributed by atoms with Gasteiger partial charge in [-0.2, -0.15) is 0 Å². The van der Waals surface area contributed by atoms with Gasteiger partial charge in [-0.25, -0.2) is 4.79 Å². The summed E-state index contributed by atoms with van der Waals surface area (Å²) in [7, 11) is 0. The predicted octanol–water partition coefficient (Wildman–Crippen LogP) is 1.77. The van der Waals surface area contributed by atoms with Crippen LogP contribution in [0.5, 0.6) is 0 Å². The Morgan fingerprint density at radius 1 is 1.21 bits per heavy atom. The monoisotopic (exact) mass is 270 g/mol. The molecule has 1 N–H and O–H groups in total. The van der Waals surface area contributed by atoms with Gasteiger partial charge in [-0.15, -0.1) is 0 Å². The number of ether oxygens (including phenoxy) is 2. The first-order valence-corrected chi connectivity index (χ1v) is 7.55. The van der Waals surface area contributed by atoms with Gasteiger partial charge in [-0.05, 0) is 39.0 Å². The molecule has 0 saturated carbocycles. The quantitative estimate of drug-likeness (QED) is 0.849. The molecule has 1 amide bonds. The first kappa shape index (κ1) is 14.6. The summed E-state index contributed by atoms with van der Waals surface area (Å²) in [6.45, 7) is 5.69. The lowest BCUT2D eigenvalue weighted by Gasteiger charge is -2.33. The van der Waals surface area contributed by atoms with E-state index >= 15 is 0 Å². The number of hydrogen-bond acceptors (Lipinski definition) is 4. The average Bonchev–Trinajstić information content (AvgIpc) is 2.68. The van der Waals surface area contributed by atoms with Crippen LogP contribution in [0.1, 0.15) is 39.0 Å². The Morgan fingerprint density at radius 3 is 2.68 bits per heavy atom. The molecule has 0 aliphatic carbocycles. The fourth-order valence-corrected chi connectivity index (χ4v) is 2.85. The van der Waals surface area contributed by atoms with Crippen molar-refractivity contribution in [3.63, 3.8) is 0 Å². The molecule has 2 saturated heterocycles. The highest BCUT2D eigenvalue weighted by atomic mass is 16.6. The van der Waals surface area contributed by atoms with E-state index in [0.717, 1.165) is 52.0 Å². The molecule has 2 aliphatic rings. The minimum Gasteiger partial charge on any atom is -0.450 e. The van der Waals surface area contributed by atoms with Crippen molar-refractivity contribution in [2.75, 3.05) is 32.9 Å². The van der Waals surface area contributed by atoms with Crippen molar-refractivity contribution < 1.29 is 14.3 Å². The molecule has 19 heavy (non-hydrogen) atoms. The number of amides is 1. The molecule has 2 rings (SSSR count). The third-order valence-corrected chi connectivity index (χ3v) is 3.94. The smallest absolute Gasteiger partial charge is 0.409 e. The Balaban J connectivity index is 1.69. The van der Waals surface area contributed by atoms with Gasteiger partial charge in [0.2, 0.25) is 0 Å². The van der Waals surface area contributed by atoms with Crippen molar-refractivity contribution in [3.8, 4) is 0 Å². The molecule has 2 fully saturated rings. The van der Waals surface area contributed by atoms with Gasteiger partial charge < -0.3 is 19.7 Å². The maximum Gasteiger partial charge on any atom is 0.409 e. The van der Waals surface area contributed by atoms with Crippen LogP contribution in [0.2, 0.25) is 0 Å². The van der Waals surface area contributed by atoms with Crippen LogP contribution in [0, 0.1) is 0 Å². The maximum atomic E-state index is 11.6. The fraction of sp³-hybridized carbons (Fsp3) is 0.929. The molecule has 5 heteroatoms. The summed E-state index contributed by atoms with van der Waals surface area (Å²) < 4.78 is 10.5. The van der Waals surface area contributed by atoms with E-state index < -0.39 is 0 Å². The molecule has 1 unspecified atom stereocenters. The van der Waals surface area contributed by atoms with Crippen molar-refractivity contribution in [2.45, 2.75) is 51.1 Å². The molecule has 2 heterocycles. The molecular formula is C14H26N2O3. The van der Waals surface area contributed by atoms with E-state index in [-0.39, 0.29) is 6.09 Å². The minimum absolute atomic E-state index is 0.163. The van der Waals surface area contributed by atoms with E-state index in [2.05, 4.69) is 5.32 Å². The Morgan fingerprint density at radius 2 is 1.95 bits per heavy atom. The molecule has 0 aromatic carbocycles. The molecular weight excluding hydrogens is 244 g/mol. The zero-order valence-electron chi connectivity index (χ0n) is 11.9. The fourth-order valence-electron chi connectivity index (χ4n) is 2.85. The maximum absolute atomic E-state index is 11.6. The lowest BCUT2D eigenvalue weighted by atomic mass is 10.0. The van der Waals surface area contributed by atoms with Crippen LogP contribution < -0.4 is 5.32 Å². The molecule has 0 bridgehead atoms. The highest BCUT2D eigenvalue weighted by Gasteiger charge is 2.25. The van der Waals surface area contributed by atoms with Crippen LogP contribution in [0.3, 0.4) is 0 Å². The highest BCUT2D eigenvalue weighted by molar-refractivity contribution is 5.67. The Bertz CT molecular complexity index is 270. The second kappa shape index (κ2) is 7.70. The van der Waals surface area contributed by atoms with E-state index in [4.69, 9.17) is 9.47 Å². The lowest BCUT2D eigenvalue weighted by molar-refractivity contribution is 0.0937. The second-order valence-corrected chi connectivity index (χ2v) is 5.37. The van der Waals surface area contributed by atoms with Gasteiger partial charge in [0, 0.05) is 38.4 Å². The highest BCUT2D eigenvalue weighted by Crippen LogP contribution is 2.15. The molecule has 110 valence electrons. The van der Waals surface area contributed by atoms with Crippen molar-refractivity contribution >= 4 is 6.09 Å². The van der Waals surface area contributed by atoms with Crippen LogP contribution in [-0.2, 0) is 9.47 Å². The number of carbonyl (C=O) groups excluding carboxylic acids is 1. The summed E-state index contributed by atoms with van der Waals surface area (Å²) in [4.78, 5) is 13.4. The number of carbonyl (C=O) groups is 1. The first-order valence-electron chi connectivity index (χ1n) is 7.55. The van der Waals surface area contributed by atoms with E-state index in [0.29, 0.717) is 18.7 Å². The Kier molecular flexibility index (Phi) is 5.92. The van der Waals surface area contributed by atoms with Crippen molar-refractivity contribution in [3.05, 3.63) is 0 Å². The number of rotatable bonds is 3. The molecule has 2 aliphatic heterocycles. The van der Waals surface area contributed by atoms with Gasteiger partial charge in [-0.1, -0.05) is 0 Å². The Hall–Kier alpha value is -0.810. The molecule has 0 spiro atoms. The zero-order valence-corrected chi connectivity index (χ0v) is 11.9. The second-order valence-electron chi connectivity index (χ2n) is 5.37. The number of nitrogens with zero attached hydrogens (tertiary/aromatic N) is 1. The first-order chi connectivity index (χ1) is 9.29. The SMILES string of the molecule is CCOC(=O)N1CCC(NC2CCCOCC2)CC1. The predicted molar refractivity (Wildman–Crippen MR) is 73.2 cm³/mol. The summed E-state index contributed by atoms with van der Waals surface area (Å²) in [6, 6.07) is 1.12. The van der Waals surface area contributed by atoms with Crippen molar-refractivity contribution in [1.82, 2.24) is 10.2 Å². The van der Waals surface area contributed by atoms with E-state index in [1.54, 1.807) is 0 Å². The van der Waals surface area contributed by atoms with Crippen LogP contribution in [0.15, 0.2) is 0 Å². The molecule has 0 aromatic rings. The van der Waals surface area contributed by atoms with Gasteiger partial charge in [-0.3, -0.25) is 0 Å². The van der Waals surface area contributed by atoms with Gasteiger partial charge in [0.05, 0.1) is 6.61 Å². The molecule has 1 atom stereocenters. The minimum atomic E-state index is -0.163. The largest absolute Gasteiger partial charge is 0.450 e. The standard InChI is InChI=1S/C14H26N2O3/c1-2-19-14(17)16-8-5-13(6-9-16)15-12-4-3-10-18-11-7-12/h12-13,15H,2-11H2,1H3. The number of likely N-dealkylation sites (tertiary alicyclic amines) is 1. The van der Waals surface area contributed by atoms with Crippen LogP contribution >= 0.6 is 0 Å². The topological polar surface area (TPSA) is 50.8 Å². The summed E-state index contributed by atoms with van der Waals surface area (Å²) in [5, 5.41) is 3.73. The molecule has 5 nitrogen and oxygen atoms in total. The van der Waals surface area contributed by atoms with Gasteiger partial charge in [0.15, 0.2) is 0 Å². The summed E-state index contributed by atoms with van der Waals surface area (Å²) in [5.74, 6) is 0. The van der Waals surface area contributed by atoms with Crippen LogP contribution in [-0.4, -0.2) is 56.0 Å². The Labute approximate surface area is 115 Å². The summed E-state index contributed by atoms with van der Waals surface area (Å²) >= 11 is 0. The van der Waals surface area contributed by atoms with Gasteiger partial charge in [0.25, 0.3) is 0 Å². The molecule has 0 aromatic heterocycles. The van der Waals surface area contributed by atoms with Crippen molar-refractivity contribution in [1.29, 1.82) is 0 Å². The van der Waals surface area contributed by atoms with E-state index in [9.17, 15) is 4.79 Å². The number of nitrogens with one attached hydrogen (secondary N) is 1. The molecule has 0 radical (unpaired) electrons. The number of hydrogen-bond donors (Lipinski definition) is 1. The summed E-state index contributed by atoms with van der Waals surface area (Å²) in [6.07, 6.45) is 5.35. The number of piperidine rings is 1.